The van der Waals surface area contributed by atoms with Crippen LogP contribution in [0.5, 0.6) is 5.75 Å². The van der Waals surface area contributed by atoms with Crippen LogP contribution in [0.2, 0.25) is 0 Å². The number of thioether (sulfide) groups is 1. The number of aliphatic imine (C=N–C) groups is 2. The van der Waals surface area contributed by atoms with Crippen molar-refractivity contribution in [2.24, 2.45) is 9.98 Å². The quantitative estimate of drug-likeness (QED) is 0.372. The Balaban J connectivity index is 1.31. The molecule has 210 valence electrons. The van der Waals surface area contributed by atoms with Crippen LogP contribution >= 0.6 is 11.8 Å². The van der Waals surface area contributed by atoms with Crippen molar-refractivity contribution in [2.75, 3.05) is 19.0 Å². The van der Waals surface area contributed by atoms with Gasteiger partial charge in [-0.1, -0.05) is 73.3 Å². The summed E-state index contributed by atoms with van der Waals surface area (Å²) in [5.74, 6) is 0.191. The molecular weight excluding hydrogens is 538 g/mol. The van der Waals surface area contributed by atoms with Gasteiger partial charge in [0, 0.05) is 12.1 Å². The van der Waals surface area contributed by atoms with Gasteiger partial charge in [0.15, 0.2) is 5.17 Å². The Labute approximate surface area is 243 Å². The number of fused-ring (bicyclic) bond motifs is 3. The van der Waals surface area contributed by atoms with Crippen molar-refractivity contribution in [1.82, 2.24) is 10.2 Å². The maximum absolute atomic E-state index is 13.6. The van der Waals surface area contributed by atoms with Crippen LogP contribution in [0.3, 0.4) is 0 Å². The average molecular weight is 570 g/mol. The molecule has 2 heterocycles. The van der Waals surface area contributed by atoms with Crippen LogP contribution in [0, 0.1) is 0 Å². The number of carbonyl (C=O) groups is 3. The zero-order valence-electron chi connectivity index (χ0n) is 22.9. The molecule has 3 amide bonds. The number of nitrogens with one attached hydrogen (secondary N) is 2. The number of hydrogen-bond acceptors (Lipinski definition) is 7. The second-order valence-corrected chi connectivity index (χ2v) is 10.7. The molecule has 5 rings (SSSR count). The van der Waals surface area contributed by atoms with Gasteiger partial charge in [0.2, 0.25) is 11.8 Å². The molecule has 3 aromatic rings. The molecule has 0 radical (unpaired) electrons. The third-order valence-corrected chi connectivity index (χ3v) is 8.10. The summed E-state index contributed by atoms with van der Waals surface area (Å²) in [4.78, 5) is 50.5. The predicted octanol–water partition coefficient (Wildman–Crippen LogP) is 4.55. The van der Waals surface area contributed by atoms with Gasteiger partial charge in [-0.05, 0) is 42.7 Å². The van der Waals surface area contributed by atoms with E-state index in [0.29, 0.717) is 53.1 Å². The normalized spacial score (nSPS) is 16.2. The minimum atomic E-state index is -0.874. The lowest BCUT2D eigenvalue weighted by molar-refractivity contribution is -0.128. The van der Waals surface area contributed by atoms with Crippen molar-refractivity contribution in [1.29, 1.82) is 0 Å². The fourth-order valence-electron chi connectivity index (χ4n) is 4.66. The van der Waals surface area contributed by atoms with E-state index in [1.165, 1.54) is 16.7 Å². The van der Waals surface area contributed by atoms with Gasteiger partial charge in [0.25, 0.3) is 5.91 Å². The Morgan fingerprint density at radius 2 is 1.76 bits per heavy atom. The maximum atomic E-state index is 13.6. The maximum Gasteiger partial charge on any atom is 0.259 e. The molecule has 0 unspecified atom stereocenters. The van der Waals surface area contributed by atoms with E-state index in [0.717, 1.165) is 5.56 Å². The van der Waals surface area contributed by atoms with Crippen LogP contribution in [0.15, 0.2) is 88.8 Å². The molecule has 41 heavy (non-hydrogen) atoms. The number of methoxy groups -OCH3 is 1. The van der Waals surface area contributed by atoms with Gasteiger partial charge in [0.1, 0.15) is 17.6 Å². The zero-order valence-corrected chi connectivity index (χ0v) is 23.7. The van der Waals surface area contributed by atoms with E-state index in [2.05, 4.69) is 15.6 Å². The first-order valence-electron chi connectivity index (χ1n) is 13.5. The van der Waals surface area contributed by atoms with Crippen LogP contribution in [-0.4, -0.2) is 58.6 Å². The van der Waals surface area contributed by atoms with Gasteiger partial charge in [-0.15, -0.1) is 0 Å². The number of nitrogens with zero attached hydrogens (tertiary/aromatic N) is 3. The number of para-hydroxylation sites is 3. The van der Waals surface area contributed by atoms with Gasteiger partial charge < -0.3 is 15.4 Å². The topological polar surface area (TPSA) is 112 Å². The van der Waals surface area contributed by atoms with E-state index < -0.39 is 11.3 Å². The second-order valence-electron chi connectivity index (χ2n) is 9.55. The highest BCUT2D eigenvalue weighted by Gasteiger charge is 2.43. The van der Waals surface area contributed by atoms with Crippen molar-refractivity contribution >= 4 is 51.9 Å². The summed E-state index contributed by atoms with van der Waals surface area (Å²) in [5.41, 5.74) is 3.05. The number of anilines is 1. The van der Waals surface area contributed by atoms with Gasteiger partial charge >= 0.3 is 0 Å². The molecule has 10 heteroatoms. The van der Waals surface area contributed by atoms with Crippen molar-refractivity contribution in [3.05, 3.63) is 90.0 Å². The molecule has 0 spiro atoms. The summed E-state index contributed by atoms with van der Waals surface area (Å²) in [7, 11) is 1.55. The van der Waals surface area contributed by atoms with Crippen molar-refractivity contribution in [2.45, 2.75) is 37.5 Å². The molecule has 0 bridgehead atoms. The molecule has 0 fully saturated rings. The highest BCUT2D eigenvalue weighted by molar-refractivity contribution is 8.15. The number of carbonyl (C=O) groups excluding carboxylic acids is 3. The molecule has 0 aromatic heterocycles. The predicted molar refractivity (Wildman–Crippen MR) is 162 cm³/mol. The van der Waals surface area contributed by atoms with Crippen LogP contribution in [0.1, 0.15) is 30.9 Å². The third-order valence-electron chi connectivity index (χ3n) is 6.78. The molecule has 0 saturated heterocycles. The minimum absolute atomic E-state index is 0.0702. The third kappa shape index (κ3) is 6.33. The summed E-state index contributed by atoms with van der Waals surface area (Å²) in [6, 6.07) is 23.6. The second kappa shape index (κ2) is 12.8. The lowest BCUT2D eigenvalue weighted by atomic mass is 10.1. The monoisotopic (exact) mass is 569 g/mol. The van der Waals surface area contributed by atoms with E-state index in [1.807, 2.05) is 73.7 Å². The largest absolute Gasteiger partial charge is 0.495 e. The van der Waals surface area contributed by atoms with Crippen molar-refractivity contribution in [3.8, 4) is 5.75 Å². The molecule has 0 aliphatic carbocycles. The molecule has 2 aliphatic rings. The van der Waals surface area contributed by atoms with E-state index in [4.69, 9.17) is 9.73 Å². The van der Waals surface area contributed by atoms with Gasteiger partial charge in [-0.3, -0.25) is 19.4 Å². The van der Waals surface area contributed by atoms with Gasteiger partial charge in [-0.2, -0.15) is 0 Å². The van der Waals surface area contributed by atoms with E-state index >= 15 is 0 Å². The minimum Gasteiger partial charge on any atom is -0.495 e. The standard InChI is InChI=1S/C31H31N5O4S/c1-3-26(29(38)34-23-15-9-10-16-25(23)40-2)41-31-35-22-14-8-7-13-21(22)28-33-24(30(39)36(28)31)19-27(37)32-18-17-20-11-5-4-6-12-20/h4-16,24,26H,3,17-19H2,1-2H3,(H,32,37)(H,34,38)/t24-,26+/m1/s1. The first-order valence-corrected chi connectivity index (χ1v) is 14.4. The highest BCUT2D eigenvalue weighted by Crippen LogP contribution is 2.36. The van der Waals surface area contributed by atoms with Gasteiger partial charge in [-0.25, -0.2) is 9.89 Å². The van der Waals surface area contributed by atoms with E-state index in [1.54, 1.807) is 19.2 Å². The first-order chi connectivity index (χ1) is 20.0. The Morgan fingerprint density at radius 3 is 2.54 bits per heavy atom. The molecule has 2 aliphatic heterocycles. The summed E-state index contributed by atoms with van der Waals surface area (Å²) in [6.45, 7) is 2.37. The fraction of sp³-hybridized carbons (Fsp3) is 0.258. The molecule has 2 atom stereocenters. The van der Waals surface area contributed by atoms with E-state index in [-0.39, 0.29) is 24.1 Å². The van der Waals surface area contributed by atoms with E-state index in [9.17, 15) is 14.4 Å². The summed E-state index contributed by atoms with van der Waals surface area (Å²) in [5, 5.41) is 5.65. The lowest BCUT2D eigenvalue weighted by Gasteiger charge is -2.27. The Hall–Kier alpha value is -4.44. The smallest absolute Gasteiger partial charge is 0.259 e. The molecule has 9 nitrogen and oxygen atoms in total. The summed E-state index contributed by atoms with van der Waals surface area (Å²) in [6.07, 6.45) is 1.12. The Kier molecular flexibility index (Phi) is 8.79. The van der Waals surface area contributed by atoms with Crippen molar-refractivity contribution in [3.63, 3.8) is 0 Å². The van der Waals surface area contributed by atoms with Crippen LogP contribution in [0.25, 0.3) is 0 Å². The number of benzene rings is 3. The lowest BCUT2D eigenvalue weighted by Crippen LogP contribution is -2.43. The Bertz CT molecular complexity index is 1510. The fourth-order valence-corrected chi connectivity index (χ4v) is 5.68. The molecular formula is C31H31N5O4S. The SMILES string of the molecule is CC[C@H](SC1=Nc2ccccc2C2=N[C@H](CC(=O)NCCc3ccccc3)C(=O)N12)C(=O)Nc1ccccc1OC. The van der Waals surface area contributed by atoms with Crippen LogP contribution in [0.4, 0.5) is 11.4 Å². The number of hydrogen-bond donors (Lipinski definition) is 2. The zero-order chi connectivity index (χ0) is 28.8. The summed E-state index contributed by atoms with van der Waals surface area (Å²) >= 11 is 1.20. The first kappa shape index (κ1) is 28.1. The number of rotatable bonds is 10. The number of ether oxygens (including phenoxy) is 1. The highest BCUT2D eigenvalue weighted by atomic mass is 32.2. The van der Waals surface area contributed by atoms with Crippen LogP contribution in [-0.2, 0) is 20.8 Å². The molecule has 2 N–H and O–H groups in total. The van der Waals surface area contributed by atoms with Crippen molar-refractivity contribution < 1.29 is 19.1 Å². The average Bonchev–Trinajstić information content (AvgIpc) is 3.32. The van der Waals surface area contributed by atoms with Gasteiger partial charge in [0.05, 0.1) is 30.2 Å². The Morgan fingerprint density at radius 1 is 1.02 bits per heavy atom. The molecule has 3 aromatic carbocycles. The number of amides is 3. The molecule has 0 saturated carbocycles. The summed E-state index contributed by atoms with van der Waals surface area (Å²) < 4.78 is 5.36. The number of amidine groups is 2. The van der Waals surface area contributed by atoms with Crippen LogP contribution < -0.4 is 15.4 Å².